The Hall–Kier alpha value is -14.4. The van der Waals surface area contributed by atoms with Gasteiger partial charge in [0.25, 0.3) is 5.56 Å². The Kier molecular flexibility index (Phi) is 33.7. The molecule has 7 heterocycles. The van der Waals surface area contributed by atoms with E-state index in [-0.39, 0.29) is 76.4 Å². The highest BCUT2D eigenvalue weighted by molar-refractivity contribution is 5.75. The molecule has 0 saturated heterocycles. The Bertz CT molecular complexity index is 4990. The van der Waals surface area contributed by atoms with E-state index in [4.69, 9.17) is 15.2 Å². The van der Waals surface area contributed by atoms with Gasteiger partial charge in [-0.25, -0.2) is 68.6 Å². The van der Waals surface area contributed by atoms with Gasteiger partial charge in [0, 0.05) is 65.1 Å². The van der Waals surface area contributed by atoms with Crippen molar-refractivity contribution in [3.8, 4) is 0 Å². The van der Waals surface area contributed by atoms with Crippen molar-refractivity contribution in [3.63, 3.8) is 0 Å². The molecule has 7 aromatic heterocycles. The molecule has 7 aromatic rings. The molecule has 546 valence electrons. The first-order chi connectivity index (χ1) is 48.6. The number of aromatic amines is 3. The average molecular weight is 1440 g/mol. The summed E-state index contributed by atoms with van der Waals surface area (Å²) in [7, 11) is 1.39. The molecule has 0 aromatic carbocycles. The van der Waals surface area contributed by atoms with Crippen LogP contribution in [0, 0.1) is 64.4 Å². The number of nitro groups is 5. The van der Waals surface area contributed by atoms with E-state index >= 15 is 0 Å². The van der Waals surface area contributed by atoms with Crippen LogP contribution < -0.4 is 39.1 Å². The van der Waals surface area contributed by atoms with E-state index in [1.54, 1.807) is 79.8 Å². The van der Waals surface area contributed by atoms with Crippen LogP contribution in [-0.4, -0.2) is 137 Å². The molecular weight excluding hydrogens is 1370 g/mol. The third kappa shape index (κ3) is 24.3. The normalized spacial score (nSPS) is 11.0. The quantitative estimate of drug-likeness (QED) is 0.0254. The monoisotopic (exact) mass is 1440 g/mol. The first-order valence-corrected chi connectivity index (χ1v) is 29.0. The third-order valence-electron chi connectivity index (χ3n) is 11.7. The van der Waals surface area contributed by atoms with Crippen LogP contribution in [0.15, 0.2) is 84.2 Å². The number of esters is 3. The molecule has 0 aliphatic rings. The van der Waals surface area contributed by atoms with Gasteiger partial charge in [-0.15, -0.1) is 0 Å². The van der Waals surface area contributed by atoms with Gasteiger partial charge in [0.05, 0.1) is 30.1 Å². The maximum atomic E-state index is 12.2. The third-order valence-corrected chi connectivity index (χ3v) is 11.7. The van der Waals surface area contributed by atoms with Crippen LogP contribution in [0.1, 0.15) is 105 Å². The molecule has 5 N–H and O–H groups in total. The number of ether oxygens (including phenoxy) is 3. The van der Waals surface area contributed by atoms with Crippen molar-refractivity contribution in [2.24, 2.45) is 32.0 Å². The summed E-state index contributed by atoms with van der Waals surface area (Å²) in [4.78, 5) is 202. The van der Waals surface area contributed by atoms with Crippen LogP contribution >= 0.6 is 0 Å². The van der Waals surface area contributed by atoms with Crippen molar-refractivity contribution in [3.05, 3.63) is 172 Å². The van der Waals surface area contributed by atoms with Crippen molar-refractivity contribution < 1.29 is 53.2 Å². The standard InChI is InChI=1S/C12H14N4O5.C11H12N4O3.C10H12N4O5.C10H12N4O3.C9H10N4O3.C5H6N4O3/c1-4-6-9-10(16(19)20)11(18)15(7-21-8(3)17)12(14-9)13-5-2;1-3-12-11-14-8-4-5-13-9(8)10(17)15(11)6-18-7(2)16;1-4-11-10-12-6(2)8(14(17)18)9(16)13(10)5-19-7(3)15;1-4-6-7-8(14(16)17)9(15)13(3)10(12-7)11-5-2;1-3-5-6-7(13(15)16)8(14)12-9(11-6)10-4-2;1-2-3(9(11)12)4(10)8-5(6)7-2/h4-6H,7H2,1-3H3;3-5,13H,6H2,1-2H3;4H,5H2,1-3H3;4-6H,1-3H3;3-5H,1-2H3,(H,11,12,14);1H3,(H3,6,7,8,10)/b6-4+,13-5?;;;6-4+,11-5?;5-3+,10-4?;. The van der Waals surface area contributed by atoms with Crippen LogP contribution in [0.4, 0.5) is 64.1 Å². The minimum atomic E-state index is -0.940. The highest BCUT2D eigenvalue weighted by Crippen LogP contribution is 2.21. The van der Waals surface area contributed by atoms with Crippen molar-refractivity contribution in [2.75, 3.05) is 5.73 Å². The lowest BCUT2D eigenvalue weighted by molar-refractivity contribution is -0.387. The van der Waals surface area contributed by atoms with Crippen molar-refractivity contribution >= 4 is 142 Å². The van der Waals surface area contributed by atoms with Crippen molar-refractivity contribution in [1.29, 1.82) is 0 Å². The number of fused-ring (bicyclic) bond motifs is 1. The van der Waals surface area contributed by atoms with Gasteiger partial charge in [0.1, 0.15) is 16.9 Å². The van der Waals surface area contributed by atoms with Gasteiger partial charge in [0.15, 0.2) is 37.3 Å². The summed E-state index contributed by atoms with van der Waals surface area (Å²) in [5, 5.41) is 53.6. The van der Waals surface area contributed by atoms with Gasteiger partial charge in [-0.1, -0.05) is 18.2 Å². The highest BCUT2D eigenvalue weighted by atomic mass is 16.6. The van der Waals surface area contributed by atoms with E-state index in [2.05, 4.69) is 69.6 Å². The fourth-order valence-corrected chi connectivity index (χ4v) is 7.51. The number of nitrogens with one attached hydrogen (secondary N) is 3. The number of aryl methyl sites for hydroxylation is 2. The lowest BCUT2D eigenvalue weighted by Gasteiger charge is -2.09. The zero-order valence-electron chi connectivity index (χ0n) is 57.1. The maximum absolute atomic E-state index is 12.2. The molecule has 0 bridgehead atoms. The minimum Gasteiger partial charge on any atom is -0.444 e. The van der Waals surface area contributed by atoms with Gasteiger partial charge in [-0.05, 0) is 93.5 Å². The number of carbonyl (C=O) groups is 3. The predicted molar refractivity (Wildman–Crippen MR) is 372 cm³/mol. The number of nitrogen functional groups attached to an aromatic ring is 1. The van der Waals surface area contributed by atoms with Gasteiger partial charge in [-0.3, -0.25) is 108 Å². The average Bonchev–Trinajstić information content (AvgIpc) is 1.39. The van der Waals surface area contributed by atoms with Gasteiger partial charge >= 0.3 is 74.1 Å². The van der Waals surface area contributed by atoms with Crippen molar-refractivity contribution in [2.45, 2.75) is 110 Å². The molecule has 7 rings (SSSR count). The minimum absolute atomic E-state index is 0.00292. The van der Waals surface area contributed by atoms with E-state index in [0.717, 1.165) is 27.5 Å². The van der Waals surface area contributed by atoms with E-state index in [1.165, 1.54) is 87.8 Å². The predicted octanol–water partition coefficient (Wildman–Crippen LogP) is 5.54. The number of carbonyl (C=O) groups excluding carboxylic acids is 3. The second-order valence-electron chi connectivity index (χ2n) is 18.9. The first-order valence-electron chi connectivity index (χ1n) is 29.0. The molecular formula is C57H66N24O22. The summed E-state index contributed by atoms with van der Waals surface area (Å²) in [6.45, 7) is 18.3. The van der Waals surface area contributed by atoms with Gasteiger partial charge in [-0.2, -0.15) is 0 Å². The van der Waals surface area contributed by atoms with Gasteiger partial charge < -0.3 is 24.9 Å². The maximum Gasteiger partial charge on any atom is 0.359 e. The number of hydrogen-bond acceptors (Lipinski definition) is 34. The number of anilines is 1. The lowest BCUT2D eigenvalue weighted by atomic mass is 10.3. The molecule has 0 aliphatic carbocycles. The van der Waals surface area contributed by atoms with Crippen molar-refractivity contribution in [1.82, 2.24) is 63.1 Å². The molecule has 46 nitrogen and oxygen atoms in total. The highest BCUT2D eigenvalue weighted by Gasteiger charge is 2.27. The molecule has 46 heteroatoms. The Morgan fingerprint density at radius 3 is 1.24 bits per heavy atom. The molecule has 0 radical (unpaired) electrons. The number of aliphatic imine (C=N–C) groups is 5. The van der Waals surface area contributed by atoms with E-state index in [1.807, 2.05) is 4.98 Å². The number of nitrogens with two attached hydrogens (primary N) is 1. The van der Waals surface area contributed by atoms with Crippen LogP contribution in [-0.2, 0) is 55.8 Å². The first kappa shape index (κ1) is 84.7. The second kappa shape index (κ2) is 41.0. The largest absolute Gasteiger partial charge is 0.444 e. The topological polar surface area (TPSA) is 629 Å². The molecule has 0 fully saturated rings. The fourth-order valence-electron chi connectivity index (χ4n) is 7.51. The number of rotatable bonds is 19. The Balaban J connectivity index is 0.000000423. The molecule has 0 unspecified atom stereocenters. The Morgan fingerprint density at radius 2 is 0.835 bits per heavy atom. The number of allylic oxidation sites excluding steroid dienone is 3. The van der Waals surface area contributed by atoms with E-state index < -0.39 is 112 Å². The Labute approximate surface area is 576 Å². The smallest absolute Gasteiger partial charge is 0.359 e. The number of H-pyrrole nitrogens is 3. The van der Waals surface area contributed by atoms with Gasteiger partial charge in [0.2, 0.25) is 35.7 Å². The summed E-state index contributed by atoms with van der Waals surface area (Å²) in [5.74, 6) is -1.60. The SMILES string of the molecule is CC=Nc1nc(/C=C/C)c([N+](=O)[O-])c(=O)[nH]1.CC=Nc1nc(/C=C/C)c([N+](=O)[O-])c(=O)n1C.CC=Nc1nc(/C=C/C)c([N+](=O)[O-])c(=O)n1COC(C)=O.CC=Nc1nc(C)c([N+](=O)[O-])c(=O)n1COC(C)=O.CC=Nc1nc2cc[nH]c2c(=O)n1COC(C)=O.Cc1nc(N)[nH]c(=O)c1[N+](=O)[O-]. The molecule has 0 saturated carbocycles. The van der Waals surface area contributed by atoms with E-state index in [0.29, 0.717) is 11.0 Å². The Morgan fingerprint density at radius 1 is 0.476 bits per heavy atom. The molecule has 0 spiro atoms. The van der Waals surface area contributed by atoms with Crippen LogP contribution in [0.2, 0.25) is 0 Å². The lowest BCUT2D eigenvalue weighted by Crippen LogP contribution is -2.26. The van der Waals surface area contributed by atoms with Crippen LogP contribution in [0.5, 0.6) is 0 Å². The summed E-state index contributed by atoms with van der Waals surface area (Å²) >= 11 is 0. The number of hydrogen-bond donors (Lipinski definition) is 4. The summed E-state index contributed by atoms with van der Waals surface area (Å²) in [6.07, 6.45) is 17.6. The number of nitrogens with zero attached hydrogens (tertiary/aromatic N) is 20. The number of aromatic nitrogens is 13. The molecule has 0 aliphatic heterocycles. The summed E-state index contributed by atoms with van der Waals surface area (Å²) in [6, 6.07) is 1.68. The zero-order chi connectivity index (χ0) is 78.1. The summed E-state index contributed by atoms with van der Waals surface area (Å²) in [5.41, 5.74) is -1.69. The molecule has 103 heavy (non-hydrogen) atoms. The van der Waals surface area contributed by atoms with Crippen LogP contribution in [0.25, 0.3) is 29.3 Å². The van der Waals surface area contributed by atoms with Crippen LogP contribution in [0.3, 0.4) is 0 Å². The van der Waals surface area contributed by atoms with E-state index in [9.17, 15) is 93.7 Å². The zero-order valence-corrected chi connectivity index (χ0v) is 57.1. The fraction of sp³-hybridized carbons (Fsp3) is 0.298. The summed E-state index contributed by atoms with van der Waals surface area (Å²) < 4.78 is 18.1. The molecule has 0 atom stereocenters. The molecule has 0 amide bonds. The second-order valence-corrected chi connectivity index (χ2v) is 18.9.